The Kier molecular flexibility index (Phi) is 17.6. The van der Waals surface area contributed by atoms with E-state index in [9.17, 15) is 0 Å². The summed E-state index contributed by atoms with van der Waals surface area (Å²) in [5, 5.41) is 0. The van der Waals surface area contributed by atoms with Crippen LogP contribution in [0, 0.1) is 0 Å². The fourth-order valence-electron chi connectivity index (χ4n) is 2.19. The summed E-state index contributed by atoms with van der Waals surface area (Å²) in [7, 11) is 0. The van der Waals surface area contributed by atoms with Gasteiger partial charge in [0.2, 0.25) is 0 Å². The van der Waals surface area contributed by atoms with Gasteiger partial charge in [-0.05, 0) is 0 Å². The molecule has 0 saturated heterocycles. The van der Waals surface area contributed by atoms with Gasteiger partial charge in [0.1, 0.15) is 0 Å². The topological polar surface area (TPSA) is 0 Å². The van der Waals surface area contributed by atoms with Crippen molar-refractivity contribution in [1.29, 1.82) is 0 Å². The summed E-state index contributed by atoms with van der Waals surface area (Å²) in [5.41, 5.74) is 0. The number of rotatable bonds is 14. The van der Waals surface area contributed by atoms with Crippen LogP contribution in [-0.2, 0) is 0 Å². The van der Waals surface area contributed by atoms with Gasteiger partial charge < -0.3 is 0 Å². The van der Waals surface area contributed by atoms with E-state index in [0.29, 0.717) is 0 Å². The third-order valence-corrected chi connectivity index (χ3v) is 7.45. The van der Waals surface area contributed by atoms with Gasteiger partial charge in [-0.25, -0.2) is 0 Å². The van der Waals surface area contributed by atoms with E-state index in [4.69, 9.17) is 0 Å². The van der Waals surface area contributed by atoms with Crippen LogP contribution in [0.25, 0.3) is 0 Å². The average molecular weight is 345 g/mol. The Morgan fingerprint density at radius 1 is 0.471 bits per heavy atom. The van der Waals surface area contributed by atoms with Crippen LogP contribution in [0.1, 0.15) is 90.9 Å². The standard InChI is InChI=1S/2C8H17.Sn/c2*1-3-5-7-8-6-4-2;/h2*1,3-8H2,2H3;/q;;-1. The molecule has 0 N–H and O–H groups in total. The molecule has 0 aliphatic carbocycles. The first kappa shape index (κ1) is 17.8. The van der Waals surface area contributed by atoms with Crippen LogP contribution in [0.4, 0.5) is 0 Å². The van der Waals surface area contributed by atoms with Crippen molar-refractivity contribution in [3.8, 4) is 0 Å². The molecule has 0 atom stereocenters. The van der Waals surface area contributed by atoms with Crippen molar-refractivity contribution in [3.63, 3.8) is 0 Å². The van der Waals surface area contributed by atoms with Gasteiger partial charge in [-0.1, -0.05) is 0 Å². The molecule has 0 aromatic rings. The van der Waals surface area contributed by atoms with Gasteiger partial charge in [0, 0.05) is 0 Å². The first-order valence-electron chi connectivity index (χ1n) is 8.12. The van der Waals surface area contributed by atoms with Crippen molar-refractivity contribution in [1.82, 2.24) is 0 Å². The normalized spacial score (nSPS) is 10.9. The molecule has 0 rings (SSSR count). The molecule has 1 heteroatoms. The minimum absolute atomic E-state index is 0.0736. The van der Waals surface area contributed by atoms with E-state index in [-0.39, 0.29) is 21.1 Å². The summed E-state index contributed by atoms with van der Waals surface area (Å²) in [4.78, 5) is 0. The molecule has 0 aliphatic rings. The van der Waals surface area contributed by atoms with Crippen LogP contribution in [-0.4, -0.2) is 21.1 Å². The Morgan fingerprint density at radius 2 is 0.824 bits per heavy atom. The van der Waals surface area contributed by atoms with E-state index in [1.807, 2.05) is 0 Å². The third-order valence-electron chi connectivity index (χ3n) is 3.41. The van der Waals surface area contributed by atoms with E-state index in [2.05, 4.69) is 13.8 Å². The van der Waals surface area contributed by atoms with Crippen LogP contribution in [0.5, 0.6) is 0 Å². The van der Waals surface area contributed by atoms with Crippen LogP contribution >= 0.6 is 0 Å². The summed E-state index contributed by atoms with van der Waals surface area (Å²) in [6.07, 6.45) is 17.8. The van der Waals surface area contributed by atoms with E-state index in [0.717, 1.165) is 0 Å². The van der Waals surface area contributed by atoms with Crippen molar-refractivity contribution in [2.45, 2.75) is 99.8 Å². The summed E-state index contributed by atoms with van der Waals surface area (Å²) in [5.74, 6) is 0. The van der Waals surface area contributed by atoms with Gasteiger partial charge in [-0.2, -0.15) is 0 Å². The molecule has 0 aliphatic heterocycles. The van der Waals surface area contributed by atoms with Crippen LogP contribution in [0.3, 0.4) is 0 Å². The summed E-state index contributed by atoms with van der Waals surface area (Å²) in [6.45, 7) is 4.60. The maximum atomic E-state index is 2.30. The second-order valence-corrected chi connectivity index (χ2v) is 9.57. The fourth-order valence-corrected chi connectivity index (χ4v) is 5.75. The van der Waals surface area contributed by atoms with Gasteiger partial charge >= 0.3 is 121 Å². The summed E-state index contributed by atoms with van der Waals surface area (Å²) >= 11 is 0.0736. The first-order chi connectivity index (χ1) is 8.41. The Balaban J connectivity index is 2.85. The van der Waals surface area contributed by atoms with E-state index >= 15 is 0 Å². The van der Waals surface area contributed by atoms with E-state index in [1.54, 1.807) is 21.7 Å². The van der Waals surface area contributed by atoms with Crippen LogP contribution in [0.15, 0.2) is 0 Å². The van der Waals surface area contributed by atoms with Crippen LogP contribution < -0.4 is 0 Å². The van der Waals surface area contributed by atoms with Gasteiger partial charge in [-0.3, -0.25) is 0 Å². The Bertz CT molecular complexity index is 109. The van der Waals surface area contributed by atoms with Gasteiger partial charge in [0.25, 0.3) is 0 Å². The van der Waals surface area contributed by atoms with E-state index < -0.39 is 0 Å². The van der Waals surface area contributed by atoms with Crippen molar-refractivity contribution in [2.24, 2.45) is 0 Å². The average Bonchev–Trinajstić information content (AvgIpc) is 2.35. The maximum absolute atomic E-state index is 2.30. The monoisotopic (exact) mass is 346 g/mol. The second-order valence-electron chi connectivity index (χ2n) is 5.29. The molecule has 0 spiro atoms. The Morgan fingerprint density at radius 3 is 1.24 bits per heavy atom. The van der Waals surface area contributed by atoms with Gasteiger partial charge in [0.05, 0.1) is 0 Å². The number of hydrogen-bond acceptors (Lipinski definition) is 0. The molecule has 17 heavy (non-hydrogen) atoms. The van der Waals surface area contributed by atoms with Crippen LogP contribution in [0.2, 0.25) is 8.87 Å². The minimum atomic E-state index is 0.0736. The Labute approximate surface area is 121 Å². The molecule has 0 unspecified atom stereocenters. The predicted octanol–water partition coefficient (Wildman–Crippen LogP) is 6.25. The summed E-state index contributed by atoms with van der Waals surface area (Å²) < 4.78 is 3.31. The molecule has 0 heterocycles. The Hall–Kier alpha value is 0.799. The van der Waals surface area contributed by atoms with Crippen molar-refractivity contribution < 1.29 is 0 Å². The predicted molar refractivity (Wildman–Crippen MR) is 82.1 cm³/mol. The fraction of sp³-hybridized carbons (Fsp3) is 1.00. The molecule has 1 radical (unpaired) electrons. The molecule has 0 fully saturated rings. The first-order valence-corrected chi connectivity index (χ1v) is 12.2. The van der Waals surface area contributed by atoms with Crippen molar-refractivity contribution in [3.05, 3.63) is 0 Å². The zero-order valence-corrected chi connectivity index (χ0v) is 15.3. The SMILES string of the molecule is CCCCCCC[CH2][Sn-][CH2]CCCCCCC. The number of hydrogen-bond donors (Lipinski definition) is 0. The third kappa shape index (κ3) is 16.8. The molecule has 0 saturated carbocycles. The second kappa shape index (κ2) is 16.8. The van der Waals surface area contributed by atoms with Crippen molar-refractivity contribution >= 4 is 21.1 Å². The molecule has 0 aromatic heterocycles. The van der Waals surface area contributed by atoms with Gasteiger partial charge in [-0.15, -0.1) is 0 Å². The van der Waals surface area contributed by atoms with E-state index in [1.165, 1.54) is 64.2 Å². The zero-order valence-electron chi connectivity index (χ0n) is 12.4. The molecule has 0 aromatic carbocycles. The molecular weight excluding hydrogens is 311 g/mol. The number of unbranched alkanes of at least 4 members (excludes halogenated alkanes) is 10. The zero-order chi connectivity index (χ0) is 12.6. The summed E-state index contributed by atoms with van der Waals surface area (Å²) in [6, 6.07) is 0. The molecule has 0 amide bonds. The molecule has 0 bridgehead atoms. The van der Waals surface area contributed by atoms with Crippen molar-refractivity contribution in [2.75, 3.05) is 0 Å². The molecule has 0 nitrogen and oxygen atoms in total. The molecular formula is C16H34Sn-. The molecule has 103 valence electrons. The van der Waals surface area contributed by atoms with Gasteiger partial charge in [0.15, 0.2) is 0 Å². The quantitative estimate of drug-likeness (QED) is 0.258.